The number of rotatable bonds is 15. The predicted octanol–water partition coefficient (Wildman–Crippen LogP) is 11.4. The molecule has 0 saturated heterocycles. The van der Waals surface area contributed by atoms with Crippen LogP contribution >= 0.6 is 15.9 Å². The van der Waals surface area contributed by atoms with Gasteiger partial charge in [-0.15, -0.1) is 0 Å². The SMILES string of the molecule is CC(C)CCCCCc1ccc(N(c2ccc(Br)cc2)c2ccc(CCCCCC(C)C)cc2)cc1. The van der Waals surface area contributed by atoms with E-state index in [1.54, 1.807) is 0 Å². The molecule has 0 unspecified atom stereocenters. The molecule has 0 radical (unpaired) electrons. The monoisotopic (exact) mass is 547 g/mol. The molecule has 0 aliphatic rings. The summed E-state index contributed by atoms with van der Waals surface area (Å²) < 4.78 is 1.10. The van der Waals surface area contributed by atoms with E-state index in [-0.39, 0.29) is 0 Å². The van der Waals surface area contributed by atoms with Gasteiger partial charge >= 0.3 is 0 Å². The van der Waals surface area contributed by atoms with Crippen molar-refractivity contribution in [2.75, 3.05) is 4.90 Å². The first-order valence-corrected chi connectivity index (χ1v) is 14.9. The highest BCUT2D eigenvalue weighted by molar-refractivity contribution is 9.10. The number of anilines is 3. The van der Waals surface area contributed by atoms with Gasteiger partial charge in [-0.25, -0.2) is 0 Å². The van der Waals surface area contributed by atoms with E-state index >= 15 is 0 Å². The molecular weight excluding hydrogens is 502 g/mol. The van der Waals surface area contributed by atoms with Gasteiger partial charge in [0.1, 0.15) is 0 Å². The van der Waals surface area contributed by atoms with Gasteiger partial charge < -0.3 is 4.90 Å². The third-order valence-electron chi connectivity index (χ3n) is 6.97. The summed E-state index contributed by atoms with van der Waals surface area (Å²) in [6, 6.07) is 27.0. The molecule has 0 fully saturated rings. The molecule has 2 heteroatoms. The Balaban J connectivity index is 1.67. The normalized spacial score (nSPS) is 11.4. The first kappa shape index (κ1) is 28.5. The molecule has 0 heterocycles. The topological polar surface area (TPSA) is 3.24 Å². The molecule has 36 heavy (non-hydrogen) atoms. The second kappa shape index (κ2) is 15.3. The van der Waals surface area contributed by atoms with E-state index in [9.17, 15) is 0 Å². The second-order valence-corrected chi connectivity index (χ2v) is 12.0. The minimum atomic E-state index is 0.817. The summed E-state index contributed by atoms with van der Waals surface area (Å²) in [6.07, 6.45) is 12.9. The molecule has 0 aliphatic carbocycles. The predicted molar refractivity (Wildman–Crippen MR) is 163 cm³/mol. The number of hydrogen-bond acceptors (Lipinski definition) is 1. The van der Waals surface area contributed by atoms with Crippen LogP contribution in [0.1, 0.15) is 90.2 Å². The Kier molecular flexibility index (Phi) is 12.1. The molecular formula is C34H46BrN. The summed E-state index contributed by atoms with van der Waals surface area (Å²) in [5.74, 6) is 1.63. The maximum Gasteiger partial charge on any atom is 0.0462 e. The highest BCUT2D eigenvalue weighted by Gasteiger charge is 2.12. The van der Waals surface area contributed by atoms with Gasteiger partial charge in [-0.05, 0) is 97.2 Å². The third kappa shape index (κ3) is 9.77. The van der Waals surface area contributed by atoms with Crippen molar-refractivity contribution in [3.63, 3.8) is 0 Å². The van der Waals surface area contributed by atoms with E-state index in [2.05, 4.69) is 121 Å². The van der Waals surface area contributed by atoms with Crippen LogP contribution in [0.3, 0.4) is 0 Å². The van der Waals surface area contributed by atoms with Gasteiger partial charge in [0.15, 0.2) is 0 Å². The second-order valence-electron chi connectivity index (χ2n) is 11.1. The highest BCUT2D eigenvalue weighted by atomic mass is 79.9. The minimum absolute atomic E-state index is 0.817. The Morgan fingerprint density at radius 3 is 1.22 bits per heavy atom. The fraction of sp³-hybridized carbons (Fsp3) is 0.471. The summed E-state index contributed by atoms with van der Waals surface area (Å²) >= 11 is 3.59. The van der Waals surface area contributed by atoms with Crippen LogP contribution in [0.5, 0.6) is 0 Å². The molecule has 3 aromatic rings. The van der Waals surface area contributed by atoms with Crippen molar-refractivity contribution in [3.8, 4) is 0 Å². The van der Waals surface area contributed by atoms with Crippen molar-refractivity contribution in [2.24, 2.45) is 11.8 Å². The molecule has 0 aromatic heterocycles. The van der Waals surface area contributed by atoms with Gasteiger partial charge in [0.2, 0.25) is 0 Å². The van der Waals surface area contributed by atoms with Crippen molar-refractivity contribution in [1.29, 1.82) is 0 Å². The Morgan fingerprint density at radius 1 is 0.500 bits per heavy atom. The van der Waals surface area contributed by atoms with Crippen LogP contribution in [-0.2, 0) is 12.8 Å². The van der Waals surface area contributed by atoms with E-state index in [4.69, 9.17) is 0 Å². The number of halogens is 1. The van der Waals surface area contributed by atoms with E-state index in [1.165, 1.54) is 92.4 Å². The fourth-order valence-corrected chi connectivity index (χ4v) is 5.04. The zero-order valence-electron chi connectivity index (χ0n) is 23.0. The Morgan fingerprint density at radius 2 is 0.861 bits per heavy atom. The van der Waals surface area contributed by atoms with Gasteiger partial charge in [-0.2, -0.15) is 0 Å². The van der Waals surface area contributed by atoms with Gasteiger partial charge in [0.05, 0.1) is 0 Å². The molecule has 0 bridgehead atoms. The lowest BCUT2D eigenvalue weighted by atomic mass is 10.0. The number of unbranched alkanes of at least 4 members (excludes halogenated alkanes) is 4. The molecule has 0 N–H and O–H groups in total. The van der Waals surface area contributed by atoms with E-state index < -0.39 is 0 Å². The first-order valence-electron chi connectivity index (χ1n) is 14.2. The number of nitrogens with zero attached hydrogens (tertiary/aromatic N) is 1. The lowest BCUT2D eigenvalue weighted by Gasteiger charge is -2.26. The quantitative estimate of drug-likeness (QED) is 0.171. The average Bonchev–Trinajstić information content (AvgIpc) is 2.86. The van der Waals surface area contributed by atoms with Gasteiger partial charge in [0.25, 0.3) is 0 Å². The van der Waals surface area contributed by atoms with Crippen molar-refractivity contribution < 1.29 is 0 Å². The lowest BCUT2D eigenvalue weighted by Crippen LogP contribution is -2.10. The smallest absolute Gasteiger partial charge is 0.0462 e. The van der Waals surface area contributed by atoms with Gasteiger partial charge in [-0.1, -0.05) is 106 Å². The molecule has 0 amide bonds. The Bertz CT molecular complexity index is 925. The standard InChI is InChI=1S/C34H46BrN/c1-27(2)11-7-5-9-13-29-15-21-32(22-16-29)36(34-25-19-31(35)20-26-34)33-23-17-30(18-24-33)14-10-6-8-12-28(3)4/h15-28H,5-14H2,1-4H3. The largest absolute Gasteiger partial charge is 0.311 e. The zero-order valence-corrected chi connectivity index (χ0v) is 24.6. The average molecular weight is 549 g/mol. The van der Waals surface area contributed by atoms with Crippen LogP contribution < -0.4 is 4.90 Å². The van der Waals surface area contributed by atoms with Gasteiger partial charge in [-0.3, -0.25) is 0 Å². The van der Waals surface area contributed by atoms with Crippen molar-refractivity contribution in [1.82, 2.24) is 0 Å². The number of aryl methyl sites for hydroxylation is 2. The molecule has 1 nitrogen and oxygen atoms in total. The van der Waals surface area contributed by atoms with Crippen LogP contribution in [0.4, 0.5) is 17.1 Å². The summed E-state index contributed by atoms with van der Waals surface area (Å²) in [5.41, 5.74) is 6.48. The summed E-state index contributed by atoms with van der Waals surface area (Å²) in [4.78, 5) is 2.37. The fourth-order valence-electron chi connectivity index (χ4n) is 4.78. The van der Waals surface area contributed by atoms with Crippen molar-refractivity contribution in [3.05, 3.63) is 88.4 Å². The van der Waals surface area contributed by atoms with E-state index in [1.807, 2.05) is 0 Å². The van der Waals surface area contributed by atoms with Crippen LogP contribution in [0.2, 0.25) is 0 Å². The number of hydrogen-bond donors (Lipinski definition) is 0. The zero-order chi connectivity index (χ0) is 25.8. The maximum absolute atomic E-state index is 3.59. The Hall–Kier alpha value is -2.06. The maximum atomic E-state index is 3.59. The molecule has 0 spiro atoms. The van der Waals surface area contributed by atoms with Crippen LogP contribution in [0.25, 0.3) is 0 Å². The summed E-state index contributed by atoms with van der Waals surface area (Å²) in [5, 5.41) is 0. The molecule has 0 saturated carbocycles. The first-order chi connectivity index (χ1) is 17.4. The Labute approximate surface area is 229 Å². The lowest BCUT2D eigenvalue weighted by molar-refractivity contribution is 0.527. The summed E-state index contributed by atoms with van der Waals surface area (Å²) in [7, 11) is 0. The van der Waals surface area contributed by atoms with Crippen LogP contribution in [-0.4, -0.2) is 0 Å². The van der Waals surface area contributed by atoms with E-state index in [0.29, 0.717) is 0 Å². The summed E-state index contributed by atoms with van der Waals surface area (Å²) in [6.45, 7) is 9.27. The third-order valence-corrected chi connectivity index (χ3v) is 7.50. The molecule has 0 atom stereocenters. The molecule has 194 valence electrons. The van der Waals surface area contributed by atoms with Gasteiger partial charge in [0, 0.05) is 21.5 Å². The number of benzene rings is 3. The minimum Gasteiger partial charge on any atom is -0.311 e. The molecule has 3 rings (SSSR count). The van der Waals surface area contributed by atoms with Crippen LogP contribution in [0, 0.1) is 11.8 Å². The molecule has 3 aromatic carbocycles. The highest BCUT2D eigenvalue weighted by Crippen LogP contribution is 2.35. The molecule has 0 aliphatic heterocycles. The van der Waals surface area contributed by atoms with Crippen LogP contribution in [0.15, 0.2) is 77.3 Å². The van der Waals surface area contributed by atoms with E-state index in [0.717, 1.165) is 16.3 Å². The van der Waals surface area contributed by atoms with Crippen molar-refractivity contribution in [2.45, 2.75) is 91.9 Å². The van der Waals surface area contributed by atoms with Crippen molar-refractivity contribution >= 4 is 33.0 Å².